The number of nitrogens with zero attached hydrogens (tertiary/aromatic N) is 1. The van der Waals surface area contributed by atoms with Crippen molar-refractivity contribution in [2.24, 2.45) is 0 Å². The van der Waals surface area contributed by atoms with Crippen molar-refractivity contribution in [3.8, 4) is 5.75 Å². The molecule has 0 aliphatic heterocycles. The molecule has 2 amide bonds. The van der Waals surface area contributed by atoms with E-state index >= 15 is 0 Å². The van der Waals surface area contributed by atoms with Crippen molar-refractivity contribution in [3.63, 3.8) is 0 Å². The maximum Gasteiger partial charge on any atom is 0.387 e. The van der Waals surface area contributed by atoms with E-state index in [0.717, 1.165) is 22.4 Å². The van der Waals surface area contributed by atoms with Gasteiger partial charge in [-0.3, -0.25) is 9.59 Å². The number of alkyl halides is 2. The van der Waals surface area contributed by atoms with Crippen LogP contribution in [-0.2, 0) is 9.59 Å². The molecule has 0 unspecified atom stereocenters. The van der Waals surface area contributed by atoms with E-state index in [2.05, 4.69) is 10.1 Å². The second-order valence-electron chi connectivity index (χ2n) is 6.77. The highest BCUT2D eigenvalue weighted by molar-refractivity contribution is 5.98. The maximum absolute atomic E-state index is 12.5. The lowest BCUT2D eigenvalue weighted by Gasteiger charge is -2.17. The molecule has 2 rings (SSSR count). The van der Waals surface area contributed by atoms with Crippen LogP contribution in [0.4, 0.5) is 14.5 Å². The number of likely N-dealkylation sites (N-methyl/N-ethyl adjacent to an activating group) is 1. The Hall–Kier alpha value is -3.22. The molecule has 0 saturated carbocycles. The number of hydrogen-bond donors (Lipinski definition) is 1. The van der Waals surface area contributed by atoms with Crippen LogP contribution in [0.5, 0.6) is 5.75 Å². The number of halogens is 2. The monoisotopic (exact) mass is 402 g/mol. The molecule has 2 aromatic rings. The number of benzene rings is 2. The van der Waals surface area contributed by atoms with Gasteiger partial charge in [0.25, 0.3) is 0 Å². The Bertz CT molecular complexity index is 903. The topological polar surface area (TPSA) is 58.6 Å². The van der Waals surface area contributed by atoms with Crippen LogP contribution in [0.1, 0.15) is 22.3 Å². The summed E-state index contributed by atoms with van der Waals surface area (Å²) in [4.78, 5) is 25.9. The van der Waals surface area contributed by atoms with Crippen LogP contribution in [-0.4, -0.2) is 36.9 Å². The van der Waals surface area contributed by atoms with E-state index in [-0.39, 0.29) is 18.2 Å². The second kappa shape index (κ2) is 9.82. The third kappa shape index (κ3) is 6.41. The smallest absolute Gasteiger partial charge is 0.387 e. The molecule has 0 aliphatic rings. The van der Waals surface area contributed by atoms with Crippen LogP contribution in [0.2, 0.25) is 0 Å². The molecule has 154 valence electrons. The SMILES string of the molecule is Cc1cc(C)c(NC(=O)CN(C)C(=O)/C=C/c2ccccc2OC(F)F)c(C)c1. The molecule has 0 bridgehead atoms. The van der Waals surface area contributed by atoms with Gasteiger partial charge in [-0.05, 0) is 44.0 Å². The maximum atomic E-state index is 12.5. The number of amides is 2. The minimum absolute atomic E-state index is 0.0303. The van der Waals surface area contributed by atoms with Gasteiger partial charge in [0.05, 0.1) is 6.54 Å². The van der Waals surface area contributed by atoms with Crippen molar-refractivity contribution < 1.29 is 23.1 Å². The zero-order valence-corrected chi connectivity index (χ0v) is 16.8. The molecule has 7 heteroatoms. The Morgan fingerprint density at radius 2 is 1.76 bits per heavy atom. The zero-order valence-electron chi connectivity index (χ0n) is 16.8. The predicted octanol–water partition coefficient (Wildman–Crippen LogP) is 4.32. The van der Waals surface area contributed by atoms with E-state index in [4.69, 9.17) is 0 Å². The van der Waals surface area contributed by atoms with E-state index in [9.17, 15) is 18.4 Å². The van der Waals surface area contributed by atoms with E-state index in [0.29, 0.717) is 5.56 Å². The fraction of sp³-hybridized carbons (Fsp3) is 0.273. The first-order chi connectivity index (χ1) is 13.7. The fourth-order valence-corrected chi connectivity index (χ4v) is 2.96. The first-order valence-electron chi connectivity index (χ1n) is 9.02. The van der Waals surface area contributed by atoms with Gasteiger partial charge in [0.15, 0.2) is 0 Å². The predicted molar refractivity (Wildman–Crippen MR) is 109 cm³/mol. The van der Waals surface area contributed by atoms with Crippen LogP contribution in [0.25, 0.3) is 6.08 Å². The van der Waals surface area contributed by atoms with Crippen LogP contribution in [0, 0.1) is 20.8 Å². The minimum atomic E-state index is -2.96. The molecule has 2 aromatic carbocycles. The number of carbonyl (C=O) groups excluding carboxylic acids is 2. The van der Waals surface area contributed by atoms with Gasteiger partial charge < -0.3 is 15.0 Å². The fourth-order valence-electron chi connectivity index (χ4n) is 2.96. The summed E-state index contributed by atoms with van der Waals surface area (Å²) in [6.45, 7) is 2.69. The largest absolute Gasteiger partial charge is 0.434 e. The van der Waals surface area contributed by atoms with Crippen molar-refractivity contribution >= 4 is 23.6 Å². The summed E-state index contributed by atoms with van der Waals surface area (Å²) in [5.41, 5.74) is 4.06. The summed E-state index contributed by atoms with van der Waals surface area (Å²) < 4.78 is 29.4. The first kappa shape index (κ1) is 22.1. The molecule has 0 saturated heterocycles. The van der Waals surface area contributed by atoms with Gasteiger partial charge in [-0.2, -0.15) is 8.78 Å². The van der Waals surface area contributed by atoms with E-state index < -0.39 is 12.5 Å². The molecule has 1 N–H and O–H groups in total. The van der Waals surface area contributed by atoms with E-state index in [1.165, 1.54) is 30.2 Å². The van der Waals surface area contributed by atoms with Crippen molar-refractivity contribution in [1.82, 2.24) is 4.90 Å². The summed E-state index contributed by atoms with van der Waals surface area (Å²) in [7, 11) is 1.49. The van der Waals surface area contributed by atoms with Crippen LogP contribution < -0.4 is 10.1 Å². The number of nitrogens with one attached hydrogen (secondary N) is 1. The number of rotatable bonds is 7. The molecule has 0 heterocycles. The van der Waals surface area contributed by atoms with Crippen molar-refractivity contribution in [3.05, 3.63) is 64.7 Å². The Labute approximate surface area is 169 Å². The molecule has 29 heavy (non-hydrogen) atoms. The summed E-state index contributed by atoms with van der Waals surface area (Å²) in [6.07, 6.45) is 2.59. The number of ether oxygens (including phenoxy) is 1. The van der Waals surface area contributed by atoms with Crippen molar-refractivity contribution in [2.75, 3.05) is 18.9 Å². The number of anilines is 1. The van der Waals surface area contributed by atoms with Gasteiger partial charge in [0, 0.05) is 24.4 Å². The molecule has 0 aromatic heterocycles. The quantitative estimate of drug-likeness (QED) is 0.702. The standard InChI is InChI=1S/C22H24F2N2O3/c1-14-11-15(2)21(16(3)12-14)25-19(27)13-26(4)20(28)10-9-17-7-5-6-8-18(17)29-22(23)24/h5-12,22H,13H2,1-4H3,(H,25,27)/b10-9+. The highest BCUT2D eigenvalue weighted by Gasteiger charge is 2.14. The average molecular weight is 402 g/mol. The number of para-hydroxylation sites is 1. The molecule has 0 radical (unpaired) electrons. The number of carbonyl (C=O) groups is 2. The summed E-state index contributed by atoms with van der Waals surface area (Å²) in [5, 5.41) is 2.84. The molecule has 0 fully saturated rings. The van der Waals surface area contributed by atoms with Crippen LogP contribution in [0.3, 0.4) is 0 Å². The molecule has 0 spiro atoms. The van der Waals surface area contributed by atoms with Crippen molar-refractivity contribution in [1.29, 1.82) is 0 Å². The van der Waals surface area contributed by atoms with E-state index in [1.54, 1.807) is 18.2 Å². The third-order valence-corrected chi connectivity index (χ3v) is 4.24. The van der Waals surface area contributed by atoms with Gasteiger partial charge in [-0.25, -0.2) is 0 Å². The summed E-state index contributed by atoms with van der Waals surface area (Å²) >= 11 is 0. The molecule has 0 aliphatic carbocycles. The van der Waals surface area contributed by atoms with Crippen LogP contribution >= 0.6 is 0 Å². The van der Waals surface area contributed by atoms with Gasteiger partial charge in [0.2, 0.25) is 11.8 Å². The second-order valence-corrected chi connectivity index (χ2v) is 6.77. The number of hydrogen-bond acceptors (Lipinski definition) is 3. The number of aryl methyl sites for hydroxylation is 3. The Balaban J connectivity index is 2.01. The van der Waals surface area contributed by atoms with E-state index in [1.807, 2.05) is 32.9 Å². The lowest BCUT2D eigenvalue weighted by Crippen LogP contribution is -2.34. The Kier molecular flexibility index (Phi) is 7.47. The minimum Gasteiger partial charge on any atom is -0.434 e. The normalized spacial score (nSPS) is 11.0. The molecular formula is C22H24F2N2O3. The van der Waals surface area contributed by atoms with Gasteiger partial charge in [-0.15, -0.1) is 0 Å². The summed E-state index contributed by atoms with van der Waals surface area (Å²) in [5.74, 6) is -0.799. The third-order valence-electron chi connectivity index (χ3n) is 4.24. The van der Waals surface area contributed by atoms with Gasteiger partial charge in [-0.1, -0.05) is 35.9 Å². The van der Waals surface area contributed by atoms with Crippen molar-refractivity contribution in [2.45, 2.75) is 27.4 Å². The molecule has 0 atom stereocenters. The lowest BCUT2D eigenvalue weighted by molar-refractivity contribution is -0.129. The molecule has 5 nitrogen and oxygen atoms in total. The van der Waals surface area contributed by atoms with Crippen LogP contribution in [0.15, 0.2) is 42.5 Å². The Morgan fingerprint density at radius 1 is 1.14 bits per heavy atom. The van der Waals surface area contributed by atoms with Gasteiger partial charge in [0.1, 0.15) is 5.75 Å². The Morgan fingerprint density at radius 3 is 2.38 bits per heavy atom. The first-order valence-corrected chi connectivity index (χ1v) is 9.02. The lowest BCUT2D eigenvalue weighted by atomic mass is 10.1. The average Bonchev–Trinajstić information content (AvgIpc) is 2.63. The highest BCUT2D eigenvalue weighted by atomic mass is 19.3. The summed E-state index contributed by atoms with van der Waals surface area (Å²) in [6, 6.07) is 10.1. The molecular weight excluding hydrogens is 378 g/mol. The van der Waals surface area contributed by atoms with Gasteiger partial charge >= 0.3 is 6.61 Å². The zero-order chi connectivity index (χ0) is 21.6. The highest BCUT2D eigenvalue weighted by Crippen LogP contribution is 2.22.